The third-order valence-electron chi connectivity index (χ3n) is 3.68. The summed E-state index contributed by atoms with van der Waals surface area (Å²) in [5.41, 5.74) is 3.72. The summed E-state index contributed by atoms with van der Waals surface area (Å²) < 4.78 is 5.98. The van der Waals surface area contributed by atoms with Gasteiger partial charge in [-0.1, -0.05) is 44.2 Å². The number of anilines is 1. The third kappa shape index (κ3) is 4.35. The first-order valence-corrected chi connectivity index (χ1v) is 9.29. The second kappa shape index (κ2) is 8.63. The SMILES string of the molecule is CC(C)CN(NC(=O)c1ncoc1-c1ccccc1)c1nc(C#N)ncc1Br. The van der Waals surface area contributed by atoms with Crippen LogP contribution < -0.4 is 10.4 Å². The van der Waals surface area contributed by atoms with Gasteiger partial charge in [0.2, 0.25) is 5.82 Å². The molecule has 9 heteroatoms. The zero-order valence-corrected chi connectivity index (χ0v) is 16.8. The van der Waals surface area contributed by atoms with Crippen LogP contribution >= 0.6 is 15.9 Å². The smallest absolute Gasteiger partial charge is 0.292 e. The number of aromatic nitrogens is 3. The second-order valence-electron chi connectivity index (χ2n) is 6.32. The van der Waals surface area contributed by atoms with Gasteiger partial charge in [0.1, 0.15) is 6.07 Å². The van der Waals surface area contributed by atoms with Crippen LogP contribution in [0.25, 0.3) is 11.3 Å². The summed E-state index contributed by atoms with van der Waals surface area (Å²) in [6.07, 6.45) is 2.71. The van der Waals surface area contributed by atoms with Crippen LogP contribution in [0.15, 0.2) is 51.8 Å². The molecule has 0 radical (unpaired) electrons. The minimum atomic E-state index is -0.447. The molecule has 0 atom stereocenters. The van der Waals surface area contributed by atoms with E-state index in [-0.39, 0.29) is 17.4 Å². The van der Waals surface area contributed by atoms with Gasteiger partial charge in [0, 0.05) is 18.3 Å². The largest absolute Gasteiger partial charge is 0.443 e. The summed E-state index contributed by atoms with van der Waals surface area (Å²) in [5, 5.41) is 10.7. The highest BCUT2D eigenvalue weighted by molar-refractivity contribution is 9.10. The number of hydrazine groups is 1. The molecular formula is C19H17BrN6O2. The van der Waals surface area contributed by atoms with Crippen LogP contribution in [0.1, 0.15) is 30.2 Å². The molecule has 3 aromatic rings. The summed E-state index contributed by atoms with van der Waals surface area (Å²) in [6.45, 7) is 4.47. The Kier molecular flexibility index (Phi) is 6.01. The Morgan fingerprint density at radius 2 is 2.07 bits per heavy atom. The van der Waals surface area contributed by atoms with Gasteiger partial charge in [-0.15, -0.1) is 0 Å². The van der Waals surface area contributed by atoms with Gasteiger partial charge in [-0.05, 0) is 21.8 Å². The van der Waals surface area contributed by atoms with Gasteiger partial charge in [0.25, 0.3) is 5.91 Å². The number of halogens is 1. The van der Waals surface area contributed by atoms with E-state index in [1.807, 2.05) is 50.2 Å². The number of amides is 1. The van der Waals surface area contributed by atoms with E-state index in [2.05, 4.69) is 36.3 Å². The Morgan fingerprint density at radius 3 is 2.75 bits per heavy atom. The average Bonchev–Trinajstić information content (AvgIpc) is 3.18. The minimum absolute atomic E-state index is 0.00705. The molecule has 0 saturated carbocycles. The van der Waals surface area contributed by atoms with Crippen molar-refractivity contribution < 1.29 is 9.21 Å². The number of nitriles is 1. The zero-order chi connectivity index (χ0) is 20.1. The Bertz CT molecular complexity index is 1010. The number of hydrogen-bond donors (Lipinski definition) is 1. The predicted molar refractivity (Wildman–Crippen MR) is 106 cm³/mol. The van der Waals surface area contributed by atoms with Crippen molar-refractivity contribution in [2.75, 3.05) is 11.6 Å². The molecule has 2 aromatic heterocycles. The van der Waals surface area contributed by atoms with Crippen molar-refractivity contribution in [1.82, 2.24) is 20.4 Å². The maximum absolute atomic E-state index is 12.9. The summed E-state index contributed by atoms with van der Waals surface area (Å²) in [5.74, 6) is 0.531. The molecule has 28 heavy (non-hydrogen) atoms. The van der Waals surface area contributed by atoms with Gasteiger partial charge in [-0.25, -0.2) is 9.97 Å². The molecule has 0 saturated heterocycles. The van der Waals surface area contributed by atoms with E-state index in [4.69, 9.17) is 9.68 Å². The summed E-state index contributed by atoms with van der Waals surface area (Å²) in [4.78, 5) is 25.1. The second-order valence-corrected chi connectivity index (χ2v) is 7.17. The molecule has 1 amide bonds. The number of nitrogens with zero attached hydrogens (tertiary/aromatic N) is 5. The lowest BCUT2D eigenvalue weighted by Crippen LogP contribution is -2.45. The molecule has 1 N–H and O–H groups in total. The molecule has 3 rings (SSSR count). The fourth-order valence-corrected chi connectivity index (χ4v) is 2.93. The lowest BCUT2D eigenvalue weighted by molar-refractivity contribution is 0.0943. The van der Waals surface area contributed by atoms with Crippen molar-refractivity contribution in [3.05, 3.63) is 58.9 Å². The molecule has 0 spiro atoms. The molecule has 0 bridgehead atoms. The molecule has 0 aliphatic rings. The van der Waals surface area contributed by atoms with Crippen molar-refractivity contribution >= 4 is 27.7 Å². The van der Waals surface area contributed by atoms with Gasteiger partial charge in [-0.2, -0.15) is 10.2 Å². The fourth-order valence-electron chi connectivity index (χ4n) is 2.53. The Hall–Kier alpha value is -3.25. The van der Waals surface area contributed by atoms with E-state index < -0.39 is 5.91 Å². The first-order chi connectivity index (χ1) is 13.5. The third-order valence-corrected chi connectivity index (χ3v) is 4.24. The number of rotatable bonds is 6. The number of oxazole rings is 1. The zero-order valence-electron chi connectivity index (χ0n) is 15.3. The Labute approximate surface area is 170 Å². The molecule has 142 valence electrons. The highest BCUT2D eigenvalue weighted by Crippen LogP contribution is 2.25. The van der Waals surface area contributed by atoms with Gasteiger partial charge in [0.15, 0.2) is 23.7 Å². The quantitative estimate of drug-likeness (QED) is 0.583. The first-order valence-electron chi connectivity index (χ1n) is 8.49. The Balaban J connectivity index is 1.92. The van der Waals surface area contributed by atoms with Crippen LogP contribution in [0, 0.1) is 17.2 Å². The topological polar surface area (TPSA) is 108 Å². The molecule has 2 heterocycles. The van der Waals surface area contributed by atoms with Gasteiger partial charge >= 0.3 is 0 Å². The molecule has 8 nitrogen and oxygen atoms in total. The molecule has 0 fully saturated rings. The van der Waals surface area contributed by atoms with Crippen molar-refractivity contribution in [2.45, 2.75) is 13.8 Å². The monoisotopic (exact) mass is 440 g/mol. The molecule has 0 unspecified atom stereocenters. The highest BCUT2D eigenvalue weighted by Gasteiger charge is 2.23. The van der Waals surface area contributed by atoms with Crippen molar-refractivity contribution in [1.29, 1.82) is 5.26 Å². The lowest BCUT2D eigenvalue weighted by Gasteiger charge is -2.26. The number of carbonyl (C=O) groups excluding carboxylic acids is 1. The van der Waals surface area contributed by atoms with E-state index in [1.54, 1.807) is 5.01 Å². The average molecular weight is 441 g/mol. The van der Waals surface area contributed by atoms with Crippen LogP contribution in [0.4, 0.5) is 5.82 Å². The van der Waals surface area contributed by atoms with Crippen LogP contribution in [-0.4, -0.2) is 27.4 Å². The van der Waals surface area contributed by atoms with Gasteiger partial charge in [-0.3, -0.25) is 15.2 Å². The van der Waals surface area contributed by atoms with E-state index >= 15 is 0 Å². The van der Waals surface area contributed by atoms with Gasteiger partial charge in [0.05, 0.1) is 4.47 Å². The standard InChI is InChI=1S/C19H17BrN6O2/c1-12(2)10-26(18-14(20)9-22-15(8-21)24-18)25-19(27)16-17(28-11-23-16)13-6-4-3-5-7-13/h3-7,9,11-12H,10H2,1-2H3,(H,25,27). The van der Waals surface area contributed by atoms with Crippen LogP contribution in [-0.2, 0) is 0 Å². The number of carbonyl (C=O) groups is 1. The van der Waals surface area contributed by atoms with Crippen LogP contribution in [0.3, 0.4) is 0 Å². The van der Waals surface area contributed by atoms with Crippen LogP contribution in [0.2, 0.25) is 0 Å². The van der Waals surface area contributed by atoms with Crippen molar-refractivity contribution in [2.24, 2.45) is 5.92 Å². The fraction of sp³-hybridized carbons (Fsp3) is 0.211. The van der Waals surface area contributed by atoms with E-state index in [9.17, 15) is 4.79 Å². The summed E-state index contributed by atoms with van der Waals surface area (Å²) in [6, 6.07) is 11.2. The summed E-state index contributed by atoms with van der Waals surface area (Å²) in [7, 11) is 0. The lowest BCUT2D eigenvalue weighted by atomic mass is 10.1. The molecule has 0 aliphatic carbocycles. The number of nitrogens with one attached hydrogen (secondary N) is 1. The number of benzene rings is 1. The predicted octanol–water partition coefficient (Wildman–Crippen LogP) is 3.57. The van der Waals surface area contributed by atoms with Gasteiger partial charge < -0.3 is 4.42 Å². The number of hydrogen-bond acceptors (Lipinski definition) is 7. The van der Waals surface area contributed by atoms with Crippen LogP contribution in [0.5, 0.6) is 0 Å². The highest BCUT2D eigenvalue weighted by atomic mass is 79.9. The minimum Gasteiger partial charge on any atom is -0.443 e. The molecular weight excluding hydrogens is 424 g/mol. The summed E-state index contributed by atoms with van der Waals surface area (Å²) >= 11 is 3.38. The van der Waals surface area contributed by atoms with E-state index in [0.717, 1.165) is 5.56 Å². The van der Waals surface area contributed by atoms with E-state index in [1.165, 1.54) is 12.6 Å². The maximum Gasteiger partial charge on any atom is 0.292 e. The normalized spacial score (nSPS) is 10.5. The first kappa shape index (κ1) is 19.5. The molecule has 0 aliphatic heterocycles. The maximum atomic E-state index is 12.9. The van der Waals surface area contributed by atoms with Crippen molar-refractivity contribution in [3.8, 4) is 17.4 Å². The van der Waals surface area contributed by atoms with Crippen molar-refractivity contribution in [3.63, 3.8) is 0 Å². The molecule has 1 aromatic carbocycles. The van der Waals surface area contributed by atoms with E-state index in [0.29, 0.717) is 22.6 Å². The Morgan fingerprint density at radius 1 is 1.32 bits per heavy atom.